The van der Waals surface area contributed by atoms with Crippen molar-refractivity contribution in [1.82, 2.24) is 0 Å². The third-order valence-electron chi connectivity index (χ3n) is 19.7. The van der Waals surface area contributed by atoms with E-state index in [2.05, 4.69) is 292 Å². The van der Waals surface area contributed by atoms with Gasteiger partial charge in [-0.2, -0.15) is 0 Å². The molecule has 2 nitrogen and oxygen atoms in total. The van der Waals surface area contributed by atoms with E-state index in [0.29, 0.717) is 11.8 Å². The summed E-state index contributed by atoms with van der Waals surface area (Å²) in [6.45, 7) is 9.43. The smallest absolute Gasteiger partial charge is 0.0468 e. The summed E-state index contributed by atoms with van der Waals surface area (Å²) < 4.78 is 0. The fraction of sp³-hybridized carbons (Fsp3) is 0.186. The molecule has 2 heteroatoms. The number of unbranched alkanes of at least 4 members (excludes halogenated alkanes) is 2. The topological polar surface area (TPSA) is 6.48 Å². The normalized spacial score (nSPS) is 12.7. The molecule has 15 aromatic carbocycles. The third-order valence-corrected chi connectivity index (χ3v) is 19.7. The number of nitrogens with zero attached hydrogens (tertiary/aromatic N) is 2. The maximum Gasteiger partial charge on any atom is 0.0468 e. The van der Waals surface area contributed by atoms with E-state index in [1.165, 1.54) is 170 Å². The molecule has 0 spiro atoms. The lowest BCUT2D eigenvalue weighted by Crippen LogP contribution is -2.10. The molecule has 2 atom stereocenters. The summed E-state index contributed by atoms with van der Waals surface area (Å²) in [6, 6.07) is 97.5. The molecule has 430 valence electrons. The highest BCUT2D eigenvalue weighted by Crippen LogP contribution is 2.48. The summed E-state index contributed by atoms with van der Waals surface area (Å²) >= 11 is 0. The van der Waals surface area contributed by atoms with Crippen molar-refractivity contribution < 1.29 is 0 Å². The average molecular weight is 1140 g/mol. The van der Waals surface area contributed by atoms with Gasteiger partial charge < -0.3 is 9.80 Å². The quantitative estimate of drug-likeness (QED) is 0.0624. The lowest BCUT2D eigenvalue weighted by atomic mass is 9.85. The summed E-state index contributed by atoms with van der Waals surface area (Å²) in [5.74, 6) is 1.29. The summed E-state index contributed by atoms with van der Waals surface area (Å²) in [7, 11) is 0. The van der Waals surface area contributed by atoms with Gasteiger partial charge in [0.15, 0.2) is 0 Å². The zero-order valence-corrected chi connectivity index (χ0v) is 51.4. The van der Waals surface area contributed by atoms with E-state index in [0.717, 1.165) is 47.0 Å². The standard InChI is InChI=1S/C86H76N2/c1-5-9-19-57(7-3)45-59-29-41-75-79(47-59)85-55-84-78-44-40-74(88(71-37-33-63-23-13-17-27-67(63)51-71)72-38-34-64-24-14-18-28-68(64)52-72)54-82(78)76-42-30-60(46-58(8-4)20-10-6-2)48-80(76)86(84)56-83(85)77-43-39-73(53-81(75)77)87(69-35-31-61-21-11-15-25-65(61)49-69)70-36-32-62-22-12-16-26-66(62)50-70/h11-18,21-44,47-58H,5-10,19-20,45-46H2,1-4H3. The average Bonchev–Trinajstić information content (AvgIpc) is 1.29. The summed E-state index contributed by atoms with van der Waals surface area (Å²) in [5.41, 5.74) is 9.68. The molecular weight excluding hydrogens is 1060 g/mol. The van der Waals surface area contributed by atoms with E-state index in [9.17, 15) is 0 Å². The molecule has 0 N–H and O–H groups in total. The lowest BCUT2D eigenvalue weighted by Gasteiger charge is -2.27. The Hall–Kier alpha value is -9.50. The number of hydrogen-bond donors (Lipinski definition) is 0. The van der Waals surface area contributed by atoms with Crippen molar-refractivity contribution in [3.63, 3.8) is 0 Å². The molecule has 0 amide bonds. The summed E-state index contributed by atoms with van der Waals surface area (Å²) in [5, 5.41) is 25.4. The highest BCUT2D eigenvalue weighted by atomic mass is 15.1. The van der Waals surface area contributed by atoms with E-state index >= 15 is 0 Å². The van der Waals surface area contributed by atoms with Crippen LogP contribution in [0.25, 0.3) is 108 Å². The minimum absolute atomic E-state index is 0.644. The summed E-state index contributed by atoms with van der Waals surface area (Å²) in [6.07, 6.45) is 12.0. The van der Waals surface area contributed by atoms with Crippen LogP contribution in [0, 0.1) is 11.8 Å². The number of rotatable bonds is 18. The molecule has 15 aromatic rings. The van der Waals surface area contributed by atoms with Crippen LogP contribution in [0.3, 0.4) is 0 Å². The van der Waals surface area contributed by atoms with Gasteiger partial charge >= 0.3 is 0 Å². The number of anilines is 6. The minimum atomic E-state index is 0.644. The first-order valence-electron chi connectivity index (χ1n) is 32.7. The molecule has 0 aromatic heterocycles. The van der Waals surface area contributed by atoms with Gasteiger partial charge in [0.2, 0.25) is 0 Å². The number of fused-ring (bicyclic) bond motifs is 16. The Bertz CT molecular complexity index is 4670. The van der Waals surface area contributed by atoms with Crippen LogP contribution in [0.2, 0.25) is 0 Å². The van der Waals surface area contributed by atoms with E-state index in [-0.39, 0.29) is 0 Å². The van der Waals surface area contributed by atoms with Crippen molar-refractivity contribution in [2.75, 3.05) is 9.80 Å². The van der Waals surface area contributed by atoms with E-state index in [4.69, 9.17) is 0 Å². The Morgan fingerprint density at radius 2 is 0.500 bits per heavy atom. The molecule has 0 saturated heterocycles. The van der Waals surface area contributed by atoms with Gasteiger partial charge in [0, 0.05) is 34.1 Å². The van der Waals surface area contributed by atoms with E-state index in [1.807, 2.05) is 0 Å². The second-order valence-corrected chi connectivity index (χ2v) is 25.2. The van der Waals surface area contributed by atoms with Gasteiger partial charge in [-0.25, -0.2) is 0 Å². The van der Waals surface area contributed by atoms with Gasteiger partial charge in [0.05, 0.1) is 0 Å². The second kappa shape index (κ2) is 23.6. The molecule has 0 radical (unpaired) electrons. The van der Waals surface area contributed by atoms with Crippen molar-refractivity contribution >= 4 is 142 Å². The van der Waals surface area contributed by atoms with Crippen LogP contribution in [0.1, 0.15) is 90.2 Å². The maximum absolute atomic E-state index is 2.60. The number of hydrogen-bond acceptors (Lipinski definition) is 2. The maximum atomic E-state index is 2.60. The molecule has 0 aliphatic heterocycles. The molecule has 15 rings (SSSR count). The first-order valence-corrected chi connectivity index (χ1v) is 32.7. The van der Waals surface area contributed by atoms with E-state index in [1.54, 1.807) is 0 Å². The second-order valence-electron chi connectivity index (χ2n) is 25.2. The summed E-state index contributed by atoms with van der Waals surface area (Å²) in [4.78, 5) is 4.95. The molecule has 0 fully saturated rings. The predicted molar refractivity (Wildman–Crippen MR) is 385 cm³/mol. The Morgan fingerprint density at radius 3 is 0.818 bits per heavy atom. The first-order chi connectivity index (χ1) is 43.4. The Balaban J connectivity index is 0.993. The molecule has 0 bridgehead atoms. The fourth-order valence-electron chi connectivity index (χ4n) is 14.8. The third kappa shape index (κ3) is 10.2. The van der Waals surface area contributed by atoms with Gasteiger partial charge in [-0.05, 0) is 228 Å². The molecule has 0 aliphatic rings. The zero-order chi connectivity index (χ0) is 59.2. The predicted octanol–water partition coefficient (Wildman–Crippen LogP) is 25.7. The monoisotopic (exact) mass is 1140 g/mol. The van der Waals surface area contributed by atoms with Crippen LogP contribution in [-0.4, -0.2) is 0 Å². The van der Waals surface area contributed by atoms with Crippen molar-refractivity contribution in [3.05, 3.63) is 266 Å². The van der Waals surface area contributed by atoms with Gasteiger partial charge in [0.25, 0.3) is 0 Å². The first kappa shape index (κ1) is 55.1. The van der Waals surface area contributed by atoms with Gasteiger partial charge in [0.1, 0.15) is 0 Å². The largest absolute Gasteiger partial charge is 0.310 e. The Morgan fingerprint density at radius 1 is 0.239 bits per heavy atom. The fourth-order valence-corrected chi connectivity index (χ4v) is 14.8. The van der Waals surface area contributed by atoms with Crippen LogP contribution in [0.4, 0.5) is 34.1 Å². The van der Waals surface area contributed by atoms with Crippen molar-refractivity contribution in [3.8, 4) is 0 Å². The highest BCUT2D eigenvalue weighted by molar-refractivity contribution is 6.33. The Labute approximate surface area is 518 Å². The minimum Gasteiger partial charge on any atom is -0.310 e. The molecule has 0 heterocycles. The lowest BCUT2D eigenvalue weighted by molar-refractivity contribution is 0.449. The van der Waals surface area contributed by atoms with Crippen LogP contribution in [-0.2, 0) is 12.8 Å². The number of benzene rings is 15. The van der Waals surface area contributed by atoms with Gasteiger partial charge in [-0.3, -0.25) is 0 Å². The highest BCUT2D eigenvalue weighted by Gasteiger charge is 2.22. The molecule has 88 heavy (non-hydrogen) atoms. The van der Waals surface area contributed by atoms with Gasteiger partial charge in [-0.1, -0.05) is 249 Å². The SMILES string of the molecule is CCCCC(CC)Cc1ccc2c(c1)c1cc3c4ccc(N(c5ccc6ccccc6c5)c5ccc6ccccc6c5)cc4c4ccc(CC(CC)CCCC)cc4c3cc1c1ccc(N(c3ccc4ccccc4c3)c3ccc4ccccc4c3)cc21. The van der Waals surface area contributed by atoms with E-state index < -0.39 is 0 Å². The van der Waals surface area contributed by atoms with Crippen LogP contribution < -0.4 is 9.80 Å². The zero-order valence-electron chi connectivity index (χ0n) is 51.4. The molecular formula is C86H76N2. The van der Waals surface area contributed by atoms with Crippen molar-refractivity contribution in [1.29, 1.82) is 0 Å². The van der Waals surface area contributed by atoms with Crippen LogP contribution in [0.5, 0.6) is 0 Å². The molecule has 0 aliphatic carbocycles. The molecule has 2 unspecified atom stereocenters. The van der Waals surface area contributed by atoms with Crippen LogP contribution in [0.15, 0.2) is 255 Å². The van der Waals surface area contributed by atoms with Crippen molar-refractivity contribution in [2.24, 2.45) is 11.8 Å². The molecule has 0 saturated carbocycles. The van der Waals surface area contributed by atoms with Gasteiger partial charge in [-0.15, -0.1) is 0 Å². The Kier molecular flexibility index (Phi) is 14.8. The van der Waals surface area contributed by atoms with Crippen LogP contribution >= 0.6 is 0 Å². The van der Waals surface area contributed by atoms with Crippen molar-refractivity contribution in [2.45, 2.75) is 91.9 Å².